The third kappa shape index (κ3) is 3.03. The van der Waals surface area contributed by atoms with E-state index in [0.717, 1.165) is 0 Å². The van der Waals surface area contributed by atoms with E-state index in [-0.39, 0.29) is 51.2 Å². The van der Waals surface area contributed by atoms with Crippen molar-refractivity contribution < 1.29 is 24.0 Å². The Hall–Kier alpha value is -3.21. The lowest BCUT2D eigenvalue weighted by Gasteiger charge is -2.45. The Morgan fingerprint density at radius 3 is 1.37 bits per heavy atom. The molecule has 0 spiro atoms. The zero-order valence-corrected chi connectivity index (χ0v) is 21.7. The van der Waals surface area contributed by atoms with Gasteiger partial charge in [-0.2, -0.15) is 0 Å². The van der Waals surface area contributed by atoms with E-state index in [1.54, 1.807) is 72.7 Å². The van der Waals surface area contributed by atoms with Gasteiger partial charge in [0, 0.05) is 55.0 Å². The first-order valence-corrected chi connectivity index (χ1v) is 12.1. The summed E-state index contributed by atoms with van der Waals surface area (Å²) in [6.07, 6.45) is 0.495. The van der Waals surface area contributed by atoms with E-state index >= 15 is 0 Å². The van der Waals surface area contributed by atoms with Gasteiger partial charge in [0.2, 0.25) is 0 Å². The Balaban J connectivity index is 1.80. The molecule has 2 aromatic rings. The third-order valence-electron chi connectivity index (χ3n) is 9.40. The fraction of sp³-hybridized carbons (Fsp3) is 0.433. The zero-order chi connectivity index (χ0) is 26.3. The van der Waals surface area contributed by atoms with E-state index in [9.17, 15) is 24.0 Å². The summed E-state index contributed by atoms with van der Waals surface area (Å²) < 4.78 is 0. The molecule has 2 aromatic carbocycles. The number of rotatable bonds is 3. The van der Waals surface area contributed by atoms with E-state index in [1.807, 2.05) is 6.92 Å². The predicted molar refractivity (Wildman–Crippen MR) is 133 cm³/mol. The van der Waals surface area contributed by atoms with Crippen molar-refractivity contribution in [2.75, 3.05) is 0 Å². The number of hydrogen-bond acceptors (Lipinski definition) is 5. The van der Waals surface area contributed by atoms with Crippen molar-refractivity contribution in [2.45, 2.75) is 61.8 Å². The van der Waals surface area contributed by atoms with Gasteiger partial charge >= 0.3 is 0 Å². The molecule has 0 aliphatic heterocycles. The summed E-state index contributed by atoms with van der Waals surface area (Å²) in [6, 6.07) is 9.19. The van der Waals surface area contributed by atoms with E-state index in [0.29, 0.717) is 17.5 Å². The highest BCUT2D eigenvalue weighted by atomic mass is 16.2. The van der Waals surface area contributed by atoms with Gasteiger partial charge in [0.15, 0.2) is 28.9 Å². The van der Waals surface area contributed by atoms with Gasteiger partial charge in [-0.15, -0.1) is 0 Å². The Labute approximate surface area is 206 Å². The van der Waals surface area contributed by atoms with Crippen LogP contribution in [0.5, 0.6) is 0 Å². The largest absolute Gasteiger partial charge is 0.294 e. The van der Waals surface area contributed by atoms with E-state index in [1.165, 1.54) is 12.1 Å². The quantitative estimate of drug-likeness (QED) is 0.499. The molecule has 0 radical (unpaired) electrons. The number of carbonyl (C=O) groups excluding carboxylic acids is 5. The molecule has 182 valence electrons. The fourth-order valence-corrected chi connectivity index (χ4v) is 5.32. The molecule has 2 aliphatic rings. The third-order valence-corrected chi connectivity index (χ3v) is 9.40. The predicted octanol–water partition coefficient (Wildman–Crippen LogP) is 6.17. The molecule has 5 nitrogen and oxygen atoms in total. The molecule has 4 rings (SSSR count). The van der Waals surface area contributed by atoms with Crippen LogP contribution in [-0.2, 0) is 0 Å². The van der Waals surface area contributed by atoms with Crippen molar-refractivity contribution in [3.8, 4) is 0 Å². The maximum absolute atomic E-state index is 13.5. The molecule has 0 N–H and O–H groups in total. The summed E-state index contributed by atoms with van der Waals surface area (Å²) in [5, 5.41) is 0. The number of ketones is 5. The lowest BCUT2D eigenvalue weighted by atomic mass is 9.55. The second-order valence-electron chi connectivity index (χ2n) is 11.7. The summed E-state index contributed by atoms with van der Waals surface area (Å²) in [7, 11) is 0. The minimum atomic E-state index is -0.922. The fourth-order valence-electron chi connectivity index (χ4n) is 5.32. The maximum atomic E-state index is 13.5. The van der Waals surface area contributed by atoms with Crippen molar-refractivity contribution >= 4 is 28.9 Å². The molecule has 0 aromatic heterocycles. The monoisotopic (exact) mass is 472 g/mol. The van der Waals surface area contributed by atoms with Crippen molar-refractivity contribution in [3.63, 3.8) is 0 Å². The van der Waals surface area contributed by atoms with Crippen LogP contribution in [0.3, 0.4) is 0 Å². The standard InChI is InChI=1S/C30H32O5/c1-9-30(8)26(35)21-15-17(11-13-19(21)24(33)29(30,6)7)22(31)16-10-12-18-20(14-16)25(34)28(4,5)27(2,3)23(18)32/h10-15H,9H2,1-8H3. The number of carbonyl (C=O) groups is 5. The average molecular weight is 473 g/mol. The van der Waals surface area contributed by atoms with Gasteiger partial charge < -0.3 is 0 Å². The smallest absolute Gasteiger partial charge is 0.193 e. The number of Topliss-reactive ketones (excluding diaryl/α,β-unsaturated/α-hetero) is 4. The van der Waals surface area contributed by atoms with Crippen LogP contribution < -0.4 is 0 Å². The highest BCUT2D eigenvalue weighted by molar-refractivity contribution is 6.22. The van der Waals surface area contributed by atoms with Gasteiger partial charge in [0.25, 0.3) is 0 Å². The highest BCUT2D eigenvalue weighted by Crippen LogP contribution is 2.51. The summed E-state index contributed by atoms with van der Waals surface area (Å²) in [5.41, 5.74) is -1.85. The molecule has 0 saturated heterocycles. The first kappa shape index (κ1) is 24.9. The van der Waals surface area contributed by atoms with Crippen molar-refractivity contribution in [2.24, 2.45) is 21.7 Å². The van der Waals surface area contributed by atoms with Gasteiger partial charge in [-0.1, -0.05) is 67.5 Å². The van der Waals surface area contributed by atoms with Crippen LogP contribution in [0.15, 0.2) is 36.4 Å². The Morgan fingerprint density at radius 1 is 0.571 bits per heavy atom. The van der Waals surface area contributed by atoms with Gasteiger partial charge in [0.05, 0.1) is 0 Å². The Kier molecular flexibility index (Phi) is 5.26. The summed E-state index contributed by atoms with van der Waals surface area (Å²) in [5.74, 6) is -0.946. The van der Waals surface area contributed by atoms with Crippen molar-refractivity contribution in [1.29, 1.82) is 0 Å². The first-order valence-electron chi connectivity index (χ1n) is 12.1. The van der Waals surface area contributed by atoms with Gasteiger partial charge in [0.1, 0.15) is 0 Å². The number of fused-ring (bicyclic) bond motifs is 2. The normalized spacial score (nSPS) is 24.1. The van der Waals surface area contributed by atoms with E-state index in [2.05, 4.69) is 0 Å². The molecule has 1 atom stereocenters. The first-order chi connectivity index (χ1) is 16.0. The molecule has 0 heterocycles. The molecule has 0 fully saturated rings. The molecule has 0 bridgehead atoms. The highest BCUT2D eigenvalue weighted by Gasteiger charge is 2.55. The molecule has 2 aliphatic carbocycles. The second-order valence-corrected chi connectivity index (χ2v) is 11.7. The topological polar surface area (TPSA) is 85.3 Å². The van der Waals surface area contributed by atoms with Gasteiger partial charge in [-0.25, -0.2) is 0 Å². The Morgan fingerprint density at radius 2 is 0.943 bits per heavy atom. The van der Waals surface area contributed by atoms with Crippen LogP contribution in [0.1, 0.15) is 119 Å². The lowest BCUT2D eigenvalue weighted by Crippen LogP contribution is -2.51. The minimum absolute atomic E-state index is 0.113. The average Bonchev–Trinajstić information content (AvgIpc) is 2.83. The van der Waals surface area contributed by atoms with Crippen molar-refractivity contribution in [1.82, 2.24) is 0 Å². The number of hydrogen-bond donors (Lipinski definition) is 0. The number of benzene rings is 2. The lowest BCUT2D eigenvalue weighted by molar-refractivity contribution is 0.0376. The van der Waals surface area contributed by atoms with Crippen molar-refractivity contribution in [3.05, 3.63) is 69.8 Å². The van der Waals surface area contributed by atoms with Crippen LogP contribution in [-0.4, -0.2) is 28.9 Å². The molecule has 0 amide bonds. The second kappa shape index (κ2) is 7.39. The minimum Gasteiger partial charge on any atom is -0.294 e. The van der Waals surface area contributed by atoms with Gasteiger partial charge in [-0.05, 0) is 30.7 Å². The molecular formula is C30H32O5. The maximum Gasteiger partial charge on any atom is 0.193 e. The zero-order valence-electron chi connectivity index (χ0n) is 21.7. The van der Waals surface area contributed by atoms with E-state index < -0.39 is 21.7 Å². The SMILES string of the molecule is CCC1(C)C(=O)c2cc(C(=O)c3ccc4c(c3)C(=O)C(C)(C)C(C)(C)C4=O)ccc2C(=O)C1(C)C. The summed E-state index contributed by atoms with van der Waals surface area (Å²) >= 11 is 0. The molecular weight excluding hydrogens is 440 g/mol. The molecule has 35 heavy (non-hydrogen) atoms. The van der Waals surface area contributed by atoms with Crippen LogP contribution in [0.4, 0.5) is 0 Å². The Bertz CT molecular complexity index is 1350. The summed E-state index contributed by atoms with van der Waals surface area (Å²) in [6.45, 7) is 14.3. The van der Waals surface area contributed by atoms with Crippen LogP contribution in [0.2, 0.25) is 0 Å². The van der Waals surface area contributed by atoms with Crippen LogP contribution in [0.25, 0.3) is 0 Å². The molecule has 5 heteroatoms. The molecule has 0 saturated carbocycles. The molecule has 1 unspecified atom stereocenters. The van der Waals surface area contributed by atoms with Crippen LogP contribution in [0, 0.1) is 21.7 Å². The summed E-state index contributed by atoms with van der Waals surface area (Å²) in [4.78, 5) is 66.6. The van der Waals surface area contributed by atoms with Gasteiger partial charge in [-0.3, -0.25) is 24.0 Å². The van der Waals surface area contributed by atoms with Crippen LogP contribution >= 0.6 is 0 Å². The van der Waals surface area contributed by atoms with E-state index in [4.69, 9.17) is 0 Å².